The molecule has 19 heavy (non-hydrogen) atoms. The molecular weight excluding hydrogens is 264 g/mol. The monoisotopic (exact) mass is 284 g/mol. The van der Waals surface area contributed by atoms with Crippen LogP contribution in [0.4, 0.5) is 5.69 Å². The Labute approximate surface area is 114 Å². The van der Waals surface area contributed by atoms with E-state index in [1.807, 2.05) is 19.1 Å². The maximum atomic E-state index is 12.0. The fraction of sp³-hybridized carbons (Fsp3) is 0.462. The van der Waals surface area contributed by atoms with Crippen molar-refractivity contribution in [3.8, 4) is 0 Å². The fourth-order valence-electron chi connectivity index (χ4n) is 1.69. The van der Waals surface area contributed by atoms with Crippen LogP contribution in [0.5, 0.6) is 0 Å². The van der Waals surface area contributed by atoms with Gasteiger partial charge >= 0.3 is 0 Å². The van der Waals surface area contributed by atoms with Crippen molar-refractivity contribution in [3.63, 3.8) is 0 Å². The van der Waals surface area contributed by atoms with Gasteiger partial charge in [0.25, 0.3) is 5.91 Å². The predicted octanol–water partition coefficient (Wildman–Crippen LogP) is 1.20. The summed E-state index contributed by atoms with van der Waals surface area (Å²) >= 11 is 0. The Morgan fingerprint density at radius 2 is 2.00 bits per heavy atom. The molecule has 0 heterocycles. The van der Waals surface area contributed by atoms with E-state index in [1.165, 1.54) is 6.26 Å². The van der Waals surface area contributed by atoms with Gasteiger partial charge < -0.3 is 10.6 Å². The topological polar surface area (TPSA) is 75.3 Å². The van der Waals surface area contributed by atoms with Gasteiger partial charge in [0, 0.05) is 25.5 Å². The lowest BCUT2D eigenvalue weighted by atomic mass is 10.1. The van der Waals surface area contributed by atoms with E-state index < -0.39 is 9.84 Å². The third-order valence-corrected chi connectivity index (χ3v) is 3.70. The lowest BCUT2D eigenvalue weighted by Crippen LogP contribution is -2.26. The first kappa shape index (κ1) is 15.5. The van der Waals surface area contributed by atoms with Crippen molar-refractivity contribution >= 4 is 21.4 Å². The molecule has 0 spiro atoms. The summed E-state index contributed by atoms with van der Waals surface area (Å²) in [6.07, 6.45) is 1.61. The molecule has 6 heteroatoms. The van der Waals surface area contributed by atoms with Gasteiger partial charge in [0.2, 0.25) is 0 Å². The maximum absolute atomic E-state index is 12.0. The number of nitrogens with one attached hydrogen (secondary N) is 2. The number of rotatable bonds is 6. The number of carbonyl (C=O) groups excluding carboxylic acids is 1. The second-order valence-corrected chi connectivity index (χ2v) is 6.80. The zero-order chi connectivity index (χ0) is 14.5. The van der Waals surface area contributed by atoms with Crippen LogP contribution in [0.15, 0.2) is 18.2 Å². The SMILES string of the molecule is CNc1cc(C)ccc1C(=O)NCCCS(C)(=O)=O. The van der Waals surface area contributed by atoms with Gasteiger partial charge in [-0.2, -0.15) is 0 Å². The zero-order valence-corrected chi connectivity index (χ0v) is 12.3. The Hall–Kier alpha value is -1.56. The van der Waals surface area contributed by atoms with Crippen molar-refractivity contribution in [2.45, 2.75) is 13.3 Å². The third-order valence-electron chi connectivity index (χ3n) is 2.67. The zero-order valence-electron chi connectivity index (χ0n) is 11.5. The summed E-state index contributed by atoms with van der Waals surface area (Å²) in [7, 11) is -1.21. The van der Waals surface area contributed by atoms with E-state index in [2.05, 4.69) is 10.6 Å². The first-order valence-electron chi connectivity index (χ1n) is 6.08. The van der Waals surface area contributed by atoms with Crippen LogP contribution in [0.25, 0.3) is 0 Å². The maximum Gasteiger partial charge on any atom is 0.253 e. The second-order valence-electron chi connectivity index (χ2n) is 4.54. The summed E-state index contributed by atoms with van der Waals surface area (Å²) in [5.74, 6) is -0.113. The van der Waals surface area contributed by atoms with Gasteiger partial charge in [0.1, 0.15) is 9.84 Å². The molecule has 0 radical (unpaired) electrons. The number of amides is 1. The van der Waals surface area contributed by atoms with E-state index in [0.29, 0.717) is 18.5 Å². The smallest absolute Gasteiger partial charge is 0.253 e. The third kappa shape index (κ3) is 5.30. The highest BCUT2D eigenvalue weighted by Crippen LogP contribution is 2.16. The molecule has 2 N–H and O–H groups in total. The van der Waals surface area contributed by atoms with Crippen molar-refractivity contribution in [3.05, 3.63) is 29.3 Å². The van der Waals surface area contributed by atoms with Gasteiger partial charge in [-0.25, -0.2) is 8.42 Å². The standard InChI is InChI=1S/C13H20N2O3S/c1-10-5-6-11(12(9-10)14-2)13(16)15-7-4-8-19(3,17)18/h5-6,9,14H,4,7-8H2,1-3H3,(H,15,16). The highest BCUT2D eigenvalue weighted by molar-refractivity contribution is 7.90. The van der Waals surface area contributed by atoms with Crippen molar-refractivity contribution < 1.29 is 13.2 Å². The van der Waals surface area contributed by atoms with Crippen LogP contribution in [-0.2, 0) is 9.84 Å². The van der Waals surface area contributed by atoms with Gasteiger partial charge in [-0.05, 0) is 31.0 Å². The molecule has 1 aromatic carbocycles. The summed E-state index contributed by atoms with van der Waals surface area (Å²) in [5.41, 5.74) is 2.39. The van der Waals surface area contributed by atoms with Gasteiger partial charge in [-0.3, -0.25) is 4.79 Å². The van der Waals surface area contributed by atoms with Crippen LogP contribution in [-0.4, -0.2) is 39.9 Å². The normalized spacial score (nSPS) is 11.1. The van der Waals surface area contributed by atoms with Crippen molar-refractivity contribution in [2.75, 3.05) is 30.9 Å². The molecule has 0 saturated heterocycles. The van der Waals surface area contributed by atoms with Crippen LogP contribution >= 0.6 is 0 Å². The Kier molecular flexibility index (Phi) is 5.35. The average Bonchev–Trinajstić information content (AvgIpc) is 2.33. The molecule has 5 nitrogen and oxygen atoms in total. The first-order chi connectivity index (χ1) is 8.83. The minimum Gasteiger partial charge on any atom is -0.387 e. The van der Waals surface area contributed by atoms with Gasteiger partial charge in [0.05, 0.1) is 11.3 Å². The predicted molar refractivity (Wildman–Crippen MR) is 77.4 cm³/mol. The molecule has 0 atom stereocenters. The summed E-state index contributed by atoms with van der Waals surface area (Å²) < 4.78 is 21.9. The van der Waals surface area contributed by atoms with Crippen LogP contribution in [0.1, 0.15) is 22.3 Å². The molecule has 0 bridgehead atoms. The first-order valence-corrected chi connectivity index (χ1v) is 8.14. The Balaban J connectivity index is 2.59. The van der Waals surface area contributed by atoms with E-state index in [0.717, 1.165) is 11.3 Å². The molecule has 1 rings (SSSR count). The van der Waals surface area contributed by atoms with Crippen molar-refractivity contribution in [2.24, 2.45) is 0 Å². The summed E-state index contributed by atoms with van der Waals surface area (Å²) in [6, 6.07) is 5.52. The molecule has 0 unspecified atom stereocenters. The van der Waals surface area contributed by atoms with Crippen LogP contribution in [0.2, 0.25) is 0 Å². The molecular formula is C13H20N2O3S. The lowest BCUT2D eigenvalue weighted by molar-refractivity contribution is 0.0954. The fourth-order valence-corrected chi connectivity index (χ4v) is 2.36. The lowest BCUT2D eigenvalue weighted by Gasteiger charge is -2.10. The number of anilines is 1. The Morgan fingerprint density at radius 1 is 1.32 bits per heavy atom. The molecule has 0 aromatic heterocycles. The van der Waals surface area contributed by atoms with Crippen LogP contribution in [0.3, 0.4) is 0 Å². The molecule has 106 valence electrons. The van der Waals surface area contributed by atoms with E-state index in [4.69, 9.17) is 0 Å². The van der Waals surface area contributed by atoms with E-state index >= 15 is 0 Å². The van der Waals surface area contributed by atoms with Crippen LogP contribution in [0, 0.1) is 6.92 Å². The highest BCUT2D eigenvalue weighted by atomic mass is 32.2. The van der Waals surface area contributed by atoms with Gasteiger partial charge in [-0.15, -0.1) is 0 Å². The molecule has 1 amide bonds. The molecule has 0 aliphatic carbocycles. The number of benzene rings is 1. The number of hydrogen-bond acceptors (Lipinski definition) is 4. The summed E-state index contributed by atoms with van der Waals surface area (Å²) in [4.78, 5) is 12.0. The molecule has 0 aliphatic rings. The van der Waals surface area contributed by atoms with Gasteiger partial charge in [-0.1, -0.05) is 6.07 Å². The minimum atomic E-state index is -2.97. The Morgan fingerprint density at radius 3 is 2.58 bits per heavy atom. The van der Waals surface area contributed by atoms with E-state index in [1.54, 1.807) is 13.1 Å². The van der Waals surface area contributed by atoms with Crippen LogP contribution < -0.4 is 10.6 Å². The molecule has 0 fully saturated rings. The largest absolute Gasteiger partial charge is 0.387 e. The second kappa shape index (κ2) is 6.56. The molecule has 0 aliphatic heterocycles. The van der Waals surface area contributed by atoms with Gasteiger partial charge in [0.15, 0.2) is 0 Å². The summed E-state index contributed by atoms with van der Waals surface area (Å²) in [5, 5.41) is 5.70. The van der Waals surface area contributed by atoms with E-state index in [9.17, 15) is 13.2 Å². The number of sulfone groups is 1. The summed E-state index contributed by atoms with van der Waals surface area (Å²) in [6.45, 7) is 2.30. The van der Waals surface area contributed by atoms with Crippen molar-refractivity contribution in [1.29, 1.82) is 0 Å². The average molecular weight is 284 g/mol. The highest BCUT2D eigenvalue weighted by Gasteiger charge is 2.10. The number of carbonyl (C=O) groups is 1. The quantitative estimate of drug-likeness (QED) is 0.770. The van der Waals surface area contributed by atoms with E-state index in [-0.39, 0.29) is 11.7 Å². The number of hydrogen-bond donors (Lipinski definition) is 2. The Bertz CT molecular complexity index is 553. The molecule has 0 saturated carbocycles. The number of aryl methyl sites for hydroxylation is 1. The minimum absolute atomic E-state index is 0.0834. The molecule has 1 aromatic rings. The van der Waals surface area contributed by atoms with Crippen molar-refractivity contribution in [1.82, 2.24) is 5.32 Å².